The molecular weight excluding hydrogens is 407 g/mol. The predicted octanol–water partition coefficient (Wildman–Crippen LogP) is 3.24. The largest absolute Gasteiger partial charge is 0.383 e. The summed E-state index contributed by atoms with van der Waals surface area (Å²) in [7, 11) is 1.53. The van der Waals surface area contributed by atoms with E-state index in [4.69, 9.17) is 4.74 Å². The molecular formula is C21H25FN4O3S. The van der Waals surface area contributed by atoms with Gasteiger partial charge < -0.3 is 15.0 Å². The smallest absolute Gasteiger partial charge is 0.317 e. The maximum Gasteiger partial charge on any atom is 0.317 e. The standard InChI is InChI=1S/C21H25FN4O3S/c1-3-23-21(28)25(10-11-29-2)14-20(27)26-18(15-7-4-5-8-16(15)22)13-17(24-26)19-9-6-12-30-19/h4-9,12,18H,3,10-11,13-14H2,1-2H3,(H,23,28). The van der Waals surface area contributed by atoms with Crippen molar-refractivity contribution in [1.82, 2.24) is 15.2 Å². The number of thiophene rings is 1. The van der Waals surface area contributed by atoms with Crippen LogP contribution >= 0.6 is 11.3 Å². The fourth-order valence-electron chi connectivity index (χ4n) is 3.27. The van der Waals surface area contributed by atoms with Crippen LogP contribution in [0.3, 0.4) is 0 Å². The van der Waals surface area contributed by atoms with Crippen LogP contribution in [0.15, 0.2) is 46.9 Å². The number of nitrogens with zero attached hydrogens (tertiary/aromatic N) is 3. The number of benzene rings is 1. The predicted molar refractivity (Wildman–Crippen MR) is 114 cm³/mol. The number of nitrogens with one attached hydrogen (secondary N) is 1. The van der Waals surface area contributed by atoms with Crippen LogP contribution in [0.5, 0.6) is 0 Å². The molecule has 1 aliphatic heterocycles. The Morgan fingerprint density at radius 2 is 2.13 bits per heavy atom. The first-order valence-corrected chi connectivity index (χ1v) is 10.6. The number of halogens is 1. The van der Waals surface area contributed by atoms with Crippen LogP contribution in [0, 0.1) is 5.82 Å². The third kappa shape index (κ3) is 5.03. The molecule has 0 bridgehead atoms. The number of rotatable bonds is 8. The number of amides is 3. The van der Waals surface area contributed by atoms with Gasteiger partial charge in [-0.05, 0) is 24.4 Å². The van der Waals surface area contributed by atoms with Crippen molar-refractivity contribution in [2.45, 2.75) is 19.4 Å². The highest BCUT2D eigenvalue weighted by Gasteiger charge is 2.35. The van der Waals surface area contributed by atoms with E-state index in [2.05, 4.69) is 10.4 Å². The lowest BCUT2D eigenvalue weighted by atomic mass is 10.0. The van der Waals surface area contributed by atoms with E-state index in [0.717, 1.165) is 10.6 Å². The summed E-state index contributed by atoms with van der Waals surface area (Å²) in [4.78, 5) is 27.8. The fourth-order valence-corrected chi connectivity index (χ4v) is 3.99. The summed E-state index contributed by atoms with van der Waals surface area (Å²) in [5.74, 6) is -0.764. The van der Waals surface area contributed by atoms with E-state index in [0.29, 0.717) is 25.1 Å². The van der Waals surface area contributed by atoms with Crippen molar-refractivity contribution in [1.29, 1.82) is 0 Å². The molecule has 0 spiro atoms. The molecule has 2 aromatic rings. The molecule has 0 fully saturated rings. The average molecular weight is 433 g/mol. The van der Waals surface area contributed by atoms with Gasteiger partial charge in [0.05, 0.1) is 23.2 Å². The Balaban J connectivity index is 1.86. The topological polar surface area (TPSA) is 74.2 Å². The molecule has 1 unspecified atom stereocenters. The Kier molecular flexibility index (Phi) is 7.53. The molecule has 7 nitrogen and oxygen atoms in total. The Labute approximate surface area is 179 Å². The van der Waals surface area contributed by atoms with E-state index in [1.54, 1.807) is 25.1 Å². The molecule has 1 aliphatic rings. The Morgan fingerprint density at radius 3 is 2.80 bits per heavy atom. The van der Waals surface area contributed by atoms with Gasteiger partial charge in [0, 0.05) is 32.2 Å². The molecule has 1 atom stereocenters. The van der Waals surface area contributed by atoms with E-state index in [1.165, 1.54) is 34.4 Å². The molecule has 160 valence electrons. The van der Waals surface area contributed by atoms with Crippen LogP contribution in [-0.4, -0.2) is 60.9 Å². The second kappa shape index (κ2) is 10.3. The summed E-state index contributed by atoms with van der Waals surface area (Å²) in [5, 5.41) is 10.5. The van der Waals surface area contributed by atoms with Crippen LogP contribution < -0.4 is 5.32 Å². The van der Waals surface area contributed by atoms with Gasteiger partial charge in [0.25, 0.3) is 5.91 Å². The summed E-state index contributed by atoms with van der Waals surface area (Å²) >= 11 is 1.52. The highest BCUT2D eigenvalue weighted by Crippen LogP contribution is 2.35. The zero-order chi connectivity index (χ0) is 21.5. The Morgan fingerprint density at radius 1 is 1.33 bits per heavy atom. The minimum atomic E-state index is -0.561. The molecule has 0 saturated heterocycles. The van der Waals surface area contributed by atoms with Gasteiger partial charge in [0.1, 0.15) is 12.4 Å². The first kappa shape index (κ1) is 21.9. The molecule has 30 heavy (non-hydrogen) atoms. The molecule has 3 rings (SSSR count). The quantitative estimate of drug-likeness (QED) is 0.696. The molecule has 0 saturated carbocycles. The van der Waals surface area contributed by atoms with Crippen LogP contribution in [0.1, 0.15) is 29.8 Å². The maximum absolute atomic E-state index is 14.5. The molecule has 1 N–H and O–H groups in total. The van der Waals surface area contributed by atoms with Gasteiger partial charge in [-0.25, -0.2) is 14.2 Å². The number of urea groups is 1. The van der Waals surface area contributed by atoms with Crippen molar-refractivity contribution in [3.63, 3.8) is 0 Å². The van der Waals surface area contributed by atoms with Gasteiger partial charge >= 0.3 is 6.03 Å². The summed E-state index contributed by atoms with van der Waals surface area (Å²) in [6.07, 6.45) is 0.409. The molecule has 0 aliphatic carbocycles. The van der Waals surface area contributed by atoms with E-state index < -0.39 is 6.04 Å². The third-order valence-corrected chi connectivity index (χ3v) is 5.66. The minimum absolute atomic E-state index is 0.179. The lowest BCUT2D eigenvalue weighted by molar-refractivity contribution is -0.133. The number of hydrogen-bond donors (Lipinski definition) is 1. The van der Waals surface area contributed by atoms with Crippen LogP contribution in [-0.2, 0) is 9.53 Å². The molecule has 9 heteroatoms. The second-order valence-corrected chi connectivity index (χ2v) is 7.70. The highest BCUT2D eigenvalue weighted by molar-refractivity contribution is 7.12. The van der Waals surface area contributed by atoms with E-state index in [-0.39, 0.29) is 30.8 Å². The molecule has 2 heterocycles. The second-order valence-electron chi connectivity index (χ2n) is 6.75. The summed E-state index contributed by atoms with van der Waals surface area (Å²) in [6.45, 7) is 2.62. The van der Waals surface area contributed by atoms with Gasteiger partial charge in [-0.15, -0.1) is 11.3 Å². The number of methoxy groups -OCH3 is 1. The average Bonchev–Trinajstić information content (AvgIpc) is 3.41. The first-order valence-electron chi connectivity index (χ1n) is 9.74. The van der Waals surface area contributed by atoms with Gasteiger partial charge in [-0.1, -0.05) is 24.3 Å². The van der Waals surface area contributed by atoms with Gasteiger partial charge in [0.2, 0.25) is 0 Å². The first-order chi connectivity index (χ1) is 14.5. The van der Waals surface area contributed by atoms with Crippen molar-refractivity contribution in [2.75, 3.05) is 33.4 Å². The van der Waals surface area contributed by atoms with Gasteiger partial charge in [-0.3, -0.25) is 4.79 Å². The van der Waals surface area contributed by atoms with Crippen molar-refractivity contribution in [3.05, 3.63) is 58.0 Å². The summed E-state index contributed by atoms with van der Waals surface area (Å²) < 4.78 is 19.6. The number of ether oxygens (including phenoxy) is 1. The molecule has 3 amide bonds. The van der Waals surface area contributed by atoms with E-state index >= 15 is 0 Å². The molecule has 1 aromatic carbocycles. The zero-order valence-corrected chi connectivity index (χ0v) is 17.8. The normalized spacial score (nSPS) is 15.8. The zero-order valence-electron chi connectivity index (χ0n) is 17.0. The van der Waals surface area contributed by atoms with Gasteiger partial charge in [0.15, 0.2) is 0 Å². The van der Waals surface area contributed by atoms with Crippen LogP contribution in [0.4, 0.5) is 9.18 Å². The molecule has 0 radical (unpaired) electrons. The van der Waals surface area contributed by atoms with Crippen molar-refractivity contribution >= 4 is 29.0 Å². The Bertz CT molecular complexity index is 903. The maximum atomic E-state index is 14.5. The number of carbonyl (C=O) groups is 2. The van der Waals surface area contributed by atoms with E-state index in [1.807, 2.05) is 17.5 Å². The number of hydrogen-bond acceptors (Lipinski definition) is 5. The van der Waals surface area contributed by atoms with Crippen molar-refractivity contribution < 1.29 is 18.7 Å². The lowest BCUT2D eigenvalue weighted by Gasteiger charge is -2.27. The van der Waals surface area contributed by atoms with Crippen molar-refractivity contribution in [2.24, 2.45) is 5.10 Å². The van der Waals surface area contributed by atoms with E-state index in [9.17, 15) is 14.0 Å². The molecule has 1 aromatic heterocycles. The Hall–Kier alpha value is -2.78. The SMILES string of the molecule is CCNC(=O)N(CCOC)CC(=O)N1N=C(c2cccs2)CC1c1ccccc1F. The summed E-state index contributed by atoms with van der Waals surface area (Å²) in [5.41, 5.74) is 1.13. The monoisotopic (exact) mass is 432 g/mol. The van der Waals surface area contributed by atoms with Gasteiger partial charge in [-0.2, -0.15) is 5.10 Å². The minimum Gasteiger partial charge on any atom is -0.383 e. The lowest BCUT2D eigenvalue weighted by Crippen LogP contribution is -2.47. The van der Waals surface area contributed by atoms with Crippen LogP contribution in [0.2, 0.25) is 0 Å². The summed E-state index contributed by atoms with van der Waals surface area (Å²) in [6, 6.07) is 9.32. The number of carbonyl (C=O) groups excluding carboxylic acids is 2. The third-order valence-electron chi connectivity index (χ3n) is 4.74. The van der Waals surface area contributed by atoms with Crippen LogP contribution in [0.25, 0.3) is 0 Å². The highest BCUT2D eigenvalue weighted by atomic mass is 32.1. The number of hydrazone groups is 1. The fraction of sp³-hybridized carbons (Fsp3) is 0.381. The van der Waals surface area contributed by atoms with Crippen molar-refractivity contribution in [3.8, 4) is 0 Å².